The molecule has 2 aliphatic rings. The first-order chi connectivity index (χ1) is 5.35. The summed E-state index contributed by atoms with van der Waals surface area (Å²) in [6.07, 6.45) is 5.13. The van der Waals surface area contributed by atoms with Gasteiger partial charge in [-0.2, -0.15) is 0 Å². The van der Waals surface area contributed by atoms with E-state index in [1.807, 2.05) is 0 Å². The Morgan fingerprint density at radius 1 is 1.27 bits per heavy atom. The van der Waals surface area contributed by atoms with Crippen molar-refractivity contribution in [1.29, 1.82) is 0 Å². The predicted octanol–water partition coefficient (Wildman–Crippen LogP) is 1.29. The molecule has 0 atom stereocenters. The van der Waals surface area contributed by atoms with Crippen LogP contribution >= 0.6 is 0 Å². The quantitative estimate of drug-likeness (QED) is 0.600. The topological polar surface area (TPSA) is 23.1 Å². The summed E-state index contributed by atoms with van der Waals surface area (Å²) in [6, 6.07) is 0. The van der Waals surface area contributed by atoms with E-state index in [1.54, 1.807) is 0 Å². The fourth-order valence-electron chi connectivity index (χ4n) is 2.09. The van der Waals surface area contributed by atoms with E-state index in [0.29, 0.717) is 0 Å². The highest BCUT2D eigenvalue weighted by Gasteiger charge is 2.47. The molecule has 0 bridgehead atoms. The maximum atomic E-state index is 10.2. The van der Waals surface area contributed by atoms with E-state index in [9.17, 15) is 5.11 Å². The van der Waals surface area contributed by atoms with Gasteiger partial charge in [0, 0.05) is 13.1 Å². The van der Waals surface area contributed by atoms with E-state index in [-0.39, 0.29) is 6.61 Å². The minimum Gasteiger partial charge on any atom is -0.303 e. The van der Waals surface area contributed by atoms with Crippen molar-refractivity contribution in [2.45, 2.75) is 25.7 Å². The summed E-state index contributed by atoms with van der Waals surface area (Å²) in [5.41, 5.74) is 0.739. The Balaban J connectivity index is 1.72. The van der Waals surface area contributed by atoms with Crippen molar-refractivity contribution in [3.8, 4) is 0 Å². The second-order valence-electron chi connectivity index (χ2n) is 4.08. The van der Waals surface area contributed by atoms with Gasteiger partial charge in [0.05, 0.1) is 6.61 Å². The van der Waals surface area contributed by atoms with Gasteiger partial charge in [-0.25, -0.2) is 5.11 Å². The molecule has 1 saturated heterocycles. The monoisotopic (exact) mass is 154 g/mol. The van der Waals surface area contributed by atoms with Gasteiger partial charge in [-0.3, -0.25) is 0 Å². The molecule has 63 valence electrons. The van der Waals surface area contributed by atoms with Gasteiger partial charge in [0.1, 0.15) is 0 Å². The molecule has 2 nitrogen and oxygen atoms in total. The molecule has 1 aliphatic carbocycles. The van der Waals surface area contributed by atoms with Crippen molar-refractivity contribution in [1.82, 2.24) is 4.90 Å². The lowest BCUT2D eigenvalue weighted by atomic mass is 10.1. The van der Waals surface area contributed by atoms with Crippen molar-refractivity contribution in [2.75, 3.05) is 26.2 Å². The Labute approximate surface area is 68.2 Å². The standard InChI is InChI=1S/C9H16NO/c11-7-1-5-10-6-4-9(8-10)2-3-9/h1-8H2. The highest BCUT2D eigenvalue weighted by atomic mass is 16.3. The fraction of sp³-hybridized carbons (Fsp3) is 1.00. The summed E-state index contributed by atoms with van der Waals surface area (Å²) in [5.74, 6) is 0. The molecule has 1 radical (unpaired) electrons. The van der Waals surface area contributed by atoms with Crippen molar-refractivity contribution in [3.05, 3.63) is 0 Å². The van der Waals surface area contributed by atoms with Gasteiger partial charge in [-0.1, -0.05) is 0 Å². The van der Waals surface area contributed by atoms with Crippen LogP contribution in [0.2, 0.25) is 0 Å². The van der Waals surface area contributed by atoms with Gasteiger partial charge in [0.2, 0.25) is 0 Å². The molecule has 1 heterocycles. The lowest BCUT2D eigenvalue weighted by Crippen LogP contribution is -2.22. The van der Waals surface area contributed by atoms with Gasteiger partial charge in [-0.05, 0) is 37.6 Å². The SMILES string of the molecule is [O]CCCN1CCC2(CC2)C1. The van der Waals surface area contributed by atoms with Crippen LogP contribution in [0.15, 0.2) is 0 Å². The van der Waals surface area contributed by atoms with E-state index in [2.05, 4.69) is 4.90 Å². The average Bonchev–Trinajstić information content (AvgIpc) is 2.61. The molecule has 0 aromatic rings. The lowest BCUT2D eigenvalue weighted by molar-refractivity contribution is 0.171. The highest BCUT2D eigenvalue weighted by Crippen LogP contribution is 2.52. The molecule has 1 saturated carbocycles. The second-order valence-corrected chi connectivity index (χ2v) is 4.08. The minimum absolute atomic E-state index is 0.101. The number of rotatable bonds is 3. The van der Waals surface area contributed by atoms with E-state index >= 15 is 0 Å². The summed E-state index contributed by atoms with van der Waals surface area (Å²) >= 11 is 0. The zero-order valence-electron chi connectivity index (χ0n) is 7.01. The third-order valence-corrected chi connectivity index (χ3v) is 3.09. The molecule has 1 aliphatic heterocycles. The second kappa shape index (κ2) is 2.76. The molecule has 0 aromatic heterocycles. The molecular weight excluding hydrogens is 138 g/mol. The Morgan fingerprint density at radius 3 is 2.64 bits per heavy atom. The van der Waals surface area contributed by atoms with Gasteiger partial charge >= 0.3 is 0 Å². The van der Waals surface area contributed by atoms with E-state index in [0.717, 1.165) is 18.4 Å². The zero-order chi connectivity index (χ0) is 7.73. The Hall–Kier alpha value is -0.0800. The van der Waals surface area contributed by atoms with Gasteiger partial charge in [0.25, 0.3) is 0 Å². The van der Waals surface area contributed by atoms with Crippen LogP contribution in [0.5, 0.6) is 0 Å². The lowest BCUT2D eigenvalue weighted by Gasteiger charge is -2.13. The number of nitrogens with zero attached hydrogens (tertiary/aromatic N) is 1. The Bertz CT molecular complexity index is 142. The third kappa shape index (κ3) is 1.57. The molecule has 1 spiro atoms. The van der Waals surface area contributed by atoms with Gasteiger partial charge in [-0.15, -0.1) is 0 Å². The Morgan fingerprint density at radius 2 is 2.09 bits per heavy atom. The number of hydrogen-bond acceptors (Lipinski definition) is 1. The van der Waals surface area contributed by atoms with Crippen molar-refractivity contribution >= 4 is 0 Å². The summed E-state index contributed by atoms with van der Waals surface area (Å²) in [5, 5.41) is 10.2. The first-order valence-corrected chi connectivity index (χ1v) is 4.65. The summed E-state index contributed by atoms with van der Waals surface area (Å²) in [4.78, 5) is 2.46. The molecular formula is C9H16NO. The molecule has 0 aromatic carbocycles. The molecule has 2 rings (SSSR count). The van der Waals surface area contributed by atoms with Crippen molar-refractivity contribution in [2.24, 2.45) is 5.41 Å². The maximum absolute atomic E-state index is 10.2. The van der Waals surface area contributed by atoms with Crippen LogP contribution in [0.3, 0.4) is 0 Å². The third-order valence-electron chi connectivity index (χ3n) is 3.09. The average molecular weight is 154 g/mol. The first-order valence-electron chi connectivity index (χ1n) is 4.65. The molecule has 2 fully saturated rings. The molecule has 2 heteroatoms. The van der Waals surface area contributed by atoms with E-state index in [4.69, 9.17) is 0 Å². The maximum Gasteiger partial charge on any atom is 0.0834 e. The molecule has 11 heavy (non-hydrogen) atoms. The number of likely N-dealkylation sites (tertiary alicyclic amines) is 1. The van der Waals surface area contributed by atoms with Crippen LogP contribution in [0, 0.1) is 5.41 Å². The predicted molar refractivity (Wildman–Crippen MR) is 42.9 cm³/mol. The normalized spacial score (nSPS) is 28.1. The highest BCUT2D eigenvalue weighted by molar-refractivity contribution is 5.00. The summed E-state index contributed by atoms with van der Waals surface area (Å²) < 4.78 is 0. The van der Waals surface area contributed by atoms with Crippen LogP contribution in [-0.2, 0) is 5.11 Å². The smallest absolute Gasteiger partial charge is 0.0834 e. The number of hydrogen-bond donors (Lipinski definition) is 0. The van der Waals surface area contributed by atoms with Crippen molar-refractivity contribution in [3.63, 3.8) is 0 Å². The van der Waals surface area contributed by atoms with E-state index in [1.165, 1.54) is 32.4 Å². The van der Waals surface area contributed by atoms with Crippen LogP contribution in [0.4, 0.5) is 0 Å². The minimum atomic E-state index is 0.101. The van der Waals surface area contributed by atoms with E-state index < -0.39 is 0 Å². The largest absolute Gasteiger partial charge is 0.303 e. The van der Waals surface area contributed by atoms with Gasteiger partial charge < -0.3 is 4.90 Å². The summed E-state index contributed by atoms with van der Waals surface area (Å²) in [6.45, 7) is 3.68. The first kappa shape index (κ1) is 7.56. The summed E-state index contributed by atoms with van der Waals surface area (Å²) in [7, 11) is 0. The van der Waals surface area contributed by atoms with Crippen molar-refractivity contribution < 1.29 is 5.11 Å². The van der Waals surface area contributed by atoms with Crippen LogP contribution in [0.25, 0.3) is 0 Å². The molecule has 0 amide bonds. The van der Waals surface area contributed by atoms with Crippen LogP contribution in [-0.4, -0.2) is 31.1 Å². The van der Waals surface area contributed by atoms with Crippen LogP contribution < -0.4 is 0 Å². The molecule has 0 unspecified atom stereocenters. The zero-order valence-corrected chi connectivity index (χ0v) is 7.01. The molecule has 0 N–H and O–H groups in total. The van der Waals surface area contributed by atoms with Crippen LogP contribution in [0.1, 0.15) is 25.7 Å². The fourth-order valence-corrected chi connectivity index (χ4v) is 2.09. The van der Waals surface area contributed by atoms with Gasteiger partial charge in [0.15, 0.2) is 0 Å². The Kier molecular flexibility index (Phi) is 1.90.